The Morgan fingerprint density at radius 2 is 1.60 bits per heavy atom. The van der Waals surface area contributed by atoms with Crippen molar-refractivity contribution in [1.29, 1.82) is 0 Å². The monoisotopic (exact) mass is 708 g/mol. The van der Waals surface area contributed by atoms with Crippen LogP contribution in [-0.4, -0.2) is 48.8 Å². The normalized spacial score (nSPS) is 11.6. The van der Waals surface area contributed by atoms with Crippen molar-refractivity contribution in [2.24, 2.45) is 0 Å². The molecule has 4 aromatic carbocycles. The largest absolute Gasteiger partial charge is 0.494 e. The number of amides is 3. The number of hydrogen-bond acceptors (Lipinski definition) is 9. The SMILES string of the molecule is CCOc1ccc(/C=C(\NC(=O)c2ccccc2)C(=O)Nc2ccc(SC(C)C(=O)Nc3nc(-c4ccc(OC)c(OC)c4)cs3)cc2)cc1. The molecule has 1 aromatic heterocycles. The van der Waals surface area contributed by atoms with Crippen LogP contribution in [0, 0.1) is 0 Å². The van der Waals surface area contributed by atoms with Gasteiger partial charge < -0.3 is 30.2 Å². The lowest BCUT2D eigenvalue weighted by Crippen LogP contribution is -2.30. The summed E-state index contributed by atoms with van der Waals surface area (Å²) in [6.07, 6.45) is 1.61. The van der Waals surface area contributed by atoms with Crippen LogP contribution >= 0.6 is 23.1 Å². The first kappa shape index (κ1) is 35.7. The van der Waals surface area contributed by atoms with E-state index in [9.17, 15) is 14.4 Å². The molecule has 50 heavy (non-hydrogen) atoms. The fourth-order valence-electron chi connectivity index (χ4n) is 4.68. The van der Waals surface area contributed by atoms with Gasteiger partial charge in [0.15, 0.2) is 16.6 Å². The van der Waals surface area contributed by atoms with Gasteiger partial charge in [0.25, 0.3) is 11.8 Å². The van der Waals surface area contributed by atoms with Gasteiger partial charge in [-0.1, -0.05) is 30.3 Å². The molecule has 12 heteroatoms. The Kier molecular flexibility index (Phi) is 12.3. The summed E-state index contributed by atoms with van der Waals surface area (Å²) in [5, 5.41) is 10.4. The third-order valence-corrected chi connectivity index (χ3v) is 9.11. The van der Waals surface area contributed by atoms with Gasteiger partial charge in [0, 0.05) is 27.1 Å². The summed E-state index contributed by atoms with van der Waals surface area (Å²) in [5.74, 6) is 0.820. The topological polar surface area (TPSA) is 128 Å². The first-order valence-electron chi connectivity index (χ1n) is 15.6. The van der Waals surface area contributed by atoms with E-state index in [4.69, 9.17) is 14.2 Å². The van der Waals surface area contributed by atoms with E-state index in [2.05, 4.69) is 20.9 Å². The van der Waals surface area contributed by atoms with Crippen molar-refractivity contribution < 1.29 is 28.6 Å². The fourth-order valence-corrected chi connectivity index (χ4v) is 6.27. The summed E-state index contributed by atoms with van der Waals surface area (Å²) >= 11 is 2.71. The summed E-state index contributed by atoms with van der Waals surface area (Å²) in [6, 6.07) is 28.5. The molecule has 0 bridgehead atoms. The molecule has 0 radical (unpaired) electrons. The highest BCUT2D eigenvalue weighted by Gasteiger charge is 2.18. The molecule has 0 saturated carbocycles. The molecular formula is C38H36N4O6S2. The van der Waals surface area contributed by atoms with E-state index in [1.54, 1.807) is 68.8 Å². The Balaban J connectivity index is 1.21. The predicted molar refractivity (Wildman–Crippen MR) is 199 cm³/mol. The number of hydrogen-bond donors (Lipinski definition) is 3. The van der Waals surface area contributed by atoms with Crippen LogP contribution in [0.4, 0.5) is 10.8 Å². The third kappa shape index (κ3) is 9.52. The maximum atomic E-state index is 13.4. The molecule has 256 valence electrons. The number of methoxy groups -OCH3 is 2. The molecule has 3 N–H and O–H groups in total. The molecule has 0 aliphatic carbocycles. The molecule has 10 nitrogen and oxygen atoms in total. The Morgan fingerprint density at radius 3 is 2.28 bits per heavy atom. The lowest BCUT2D eigenvalue weighted by Gasteiger charge is -2.13. The number of nitrogens with zero attached hydrogens (tertiary/aromatic N) is 1. The zero-order valence-electron chi connectivity index (χ0n) is 27.9. The van der Waals surface area contributed by atoms with E-state index in [-0.39, 0.29) is 11.6 Å². The number of thioether (sulfide) groups is 1. The van der Waals surface area contributed by atoms with Crippen molar-refractivity contribution in [3.05, 3.63) is 119 Å². The standard InChI is InChI=1S/C38H36N4O6S2/c1-5-48-29-16-11-25(12-17-29)21-31(40-36(44)26-9-7-6-8-10-26)37(45)39-28-14-18-30(19-15-28)50-24(2)35(43)42-38-41-32(23-49-38)27-13-20-33(46-3)34(22-27)47-4/h6-24H,5H2,1-4H3,(H,39,45)(H,40,44)(H,41,42,43)/b31-21-. The fraction of sp³-hybridized carbons (Fsp3) is 0.158. The minimum Gasteiger partial charge on any atom is -0.494 e. The molecule has 3 amide bonds. The molecule has 5 rings (SSSR count). The van der Waals surface area contributed by atoms with Crippen LogP contribution in [0.15, 0.2) is 113 Å². The molecule has 0 fully saturated rings. The number of carbonyl (C=O) groups excluding carboxylic acids is 3. The first-order valence-corrected chi connectivity index (χ1v) is 17.4. The van der Waals surface area contributed by atoms with Crippen LogP contribution in [-0.2, 0) is 9.59 Å². The van der Waals surface area contributed by atoms with Gasteiger partial charge in [-0.05, 0) is 92.2 Å². The number of nitrogens with one attached hydrogen (secondary N) is 3. The molecule has 1 atom stereocenters. The number of ether oxygens (including phenoxy) is 3. The van der Waals surface area contributed by atoms with Gasteiger partial charge in [0.1, 0.15) is 11.4 Å². The summed E-state index contributed by atoms with van der Waals surface area (Å²) in [6.45, 7) is 4.25. The highest BCUT2D eigenvalue weighted by molar-refractivity contribution is 8.00. The quantitative estimate of drug-likeness (QED) is 0.0790. The summed E-state index contributed by atoms with van der Waals surface area (Å²) < 4.78 is 16.2. The number of anilines is 2. The summed E-state index contributed by atoms with van der Waals surface area (Å²) in [5.41, 5.74) is 3.27. The molecule has 1 unspecified atom stereocenters. The van der Waals surface area contributed by atoms with Crippen molar-refractivity contribution in [2.75, 3.05) is 31.5 Å². The van der Waals surface area contributed by atoms with Crippen LogP contribution in [0.25, 0.3) is 17.3 Å². The zero-order valence-corrected chi connectivity index (χ0v) is 29.5. The molecule has 0 aliphatic rings. The smallest absolute Gasteiger partial charge is 0.272 e. The molecule has 0 saturated heterocycles. The van der Waals surface area contributed by atoms with Crippen LogP contribution < -0.4 is 30.2 Å². The molecule has 1 heterocycles. The summed E-state index contributed by atoms with van der Waals surface area (Å²) in [4.78, 5) is 44.8. The highest BCUT2D eigenvalue weighted by Crippen LogP contribution is 2.34. The Hall–Kier alpha value is -5.59. The van der Waals surface area contributed by atoms with Gasteiger partial charge in [-0.25, -0.2) is 4.98 Å². The van der Waals surface area contributed by atoms with E-state index < -0.39 is 17.1 Å². The Bertz CT molecular complexity index is 1960. The summed E-state index contributed by atoms with van der Waals surface area (Å²) in [7, 11) is 3.15. The molecular weight excluding hydrogens is 673 g/mol. The van der Waals surface area contributed by atoms with Crippen molar-refractivity contribution in [1.82, 2.24) is 10.3 Å². The van der Waals surface area contributed by atoms with Crippen molar-refractivity contribution in [3.8, 4) is 28.5 Å². The number of thiazole rings is 1. The molecule has 0 aliphatic heterocycles. The lowest BCUT2D eigenvalue weighted by atomic mass is 10.1. The van der Waals surface area contributed by atoms with Gasteiger partial charge in [-0.2, -0.15) is 0 Å². The number of rotatable bonds is 14. The lowest BCUT2D eigenvalue weighted by molar-refractivity contribution is -0.115. The molecule has 0 spiro atoms. The number of aromatic nitrogens is 1. The van der Waals surface area contributed by atoms with Crippen molar-refractivity contribution >= 4 is 57.7 Å². The zero-order chi connectivity index (χ0) is 35.5. The number of carbonyl (C=O) groups is 3. The average molecular weight is 709 g/mol. The van der Waals surface area contributed by atoms with Gasteiger partial charge in [0.05, 0.1) is 31.8 Å². The first-order chi connectivity index (χ1) is 24.3. The highest BCUT2D eigenvalue weighted by atomic mass is 32.2. The van der Waals surface area contributed by atoms with Crippen LogP contribution in [0.2, 0.25) is 0 Å². The van der Waals surface area contributed by atoms with E-state index in [0.717, 1.165) is 10.5 Å². The molecule has 5 aromatic rings. The van der Waals surface area contributed by atoms with E-state index in [1.165, 1.54) is 23.1 Å². The number of benzene rings is 4. The predicted octanol–water partition coefficient (Wildman–Crippen LogP) is 7.75. The minimum atomic E-state index is -0.493. The van der Waals surface area contributed by atoms with Gasteiger partial charge >= 0.3 is 0 Å². The minimum absolute atomic E-state index is 0.0724. The second-order valence-corrected chi connectivity index (χ2v) is 13.0. The van der Waals surface area contributed by atoms with Crippen LogP contribution in [0.3, 0.4) is 0 Å². The Labute approximate surface area is 298 Å². The van der Waals surface area contributed by atoms with Crippen molar-refractivity contribution in [3.63, 3.8) is 0 Å². The maximum absolute atomic E-state index is 13.4. The van der Waals surface area contributed by atoms with E-state index in [0.29, 0.717) is 51.5 Å². The van der Waals surface area contributed by atoms with Gasteiger partial charge in [-0.3, -0.25) is 14.4 Å². The second-order valence-electron chi connectivity index (χ2n) is 10.7. The van der Waals surface area contributed by atoms with Gasteiger partial charge in [0.2, 0.25) is 5.91 Å². The average Bonchev–Trinajstić information content (AvgIpc) is 3.61. The Morgan fingerprint density at radius 1 is 0.880 bits per heavy atom. The van der Waals surface area contributed by atoms with Gasteiger partial charge in [-0.15, -0.1) is 23.1 Å². The maximum Gasteiger partial charge on any atom is 0.272 e. The third-order valence-electron chi connectivity index (χ3n) is 7.24. The van der Waals surface area contributed by atoms with E-state index in [1.807, 2.05) is 67.8 Å². The van der Waals surface area contributed by atoms with Crippen LogP contribution in [0.5, 0.6) is 17.2 Å². The van der Waals surface area contributed by atoms with Crippen molar-refractivity contribution in [2.45, 2.75) is 24.0 Å². The second kappa shape index (κ2) is 17.2. The van der Waals surface area contributed by atoms with E-state index >= 15 is 0 Å². The van der Waals surface area contributed by atoms with Crippen LogP contribution in [0.1, 0.15) is 29.8 Å².